The Bertz CT molecular complexity index is 582. The minimum absolute atomic E-state index is 0.0592. The Morgan fingerprint density at radius 2 is 1.84 bits per heavy atom. The van der Waals surface area contributed by atoms with Crippen LogP contribution in [0, 0.1) is 0 Å². The molecule has 9 heteroatoms. The first-order chi connectivity index (χ1) is 8.75. The van der Waals surface area contributed by atoms with Gasteiger partial charge in [0.2, 0.25) is 10.0 Å². The van der Waals surface area contributed by atoms with Crippen molar-refractivity contribution < 1.29 is 23.1 Å². The first-order valence-corrected chi connectivity index (χ1v) is 7.21. The number of benzene rings is 1. The molecule has 0 aromatic heterocycles. The molecule has 0 spiro atoms. The lowest BCUT2D eigenvalue weighted by molar-refractivity contribution is -0.138. The molecule has 1 aromatic carbocycles. The molecular formula is C10H12N2O5S2. The van der Waals surface area contributed by atoms with Gasteiger partial charge in [-0.1, -0.05) is 0 Å². The summed E-state index contributed by atoms with van der Waals surface area (Å²) >= 11 is 3.80. The molecule has 1 amide bonds. The van der Waals surface area contributed by atoms with Crippen molar-refractivity contribution in [3.05, 3.63) is 29.8 Å². The van der Waals surface area contributed by atoms with Crippen molar-refractivity contribution in [1.82, 2.24) is 5.32 Å². The average Bonchev–Trinajstić information content (AvgIpc) is 2.34. The van der Waals surface area contributed by atoms with Crippen LogP contribution in [-0.2, 0) is 14.8 Å². The van der Waals surface area contributed by atoms with Crippen LogP contribution in [-0.4, -0.2) is 37.2 Å². The maximum absolute atomic E-state index is 11.7. The Morgan fingerprint density at radius 1 is 1.32 bits per heavy atom. The van der Waals surface area contributed by atoms with Crippen LogP contribution in [0.2, 0.25) is 0 Å². The van der Waals surface area contributed by atoms with E-state index >= 15 is 0 Å². The molecule has 1 aromatic rings. The highest BCUT2D eigenvalue weighted by molar-refractivity contribution is 7.89. The number of primary sulfonamides is 1. The second-order valence-corrected chi connectivity index (χ2v) is 5.54. The molecule has 7 nitrogen and oxygen atoms in total. The van der Waals surface area contributed by atoms with Crippen LogP contribution in [0.1, 0.15) is 10.4 Å². The van der Waals surface area contributed by atoms with Gasteiger partial charge < -0.3 is 10.4 Å². The standard InChI is InChI=1S/C10H12N2O5S2/c11-19(16,17)7-3-1-6(2-4-7)9(13)12-8(5-18)10(14)15/h1-4,8,18H,5H2,(H,12,13)(H,14,15)(H2,11,16,17). The minimum atomic E-state index is -3.82. The Hall–Kier alpha value is -1.58. The molecule has 0 radical (unpaired) electrons. The summed E-state index contributed by atoms with van der Waals surface area (Å²) in [7, 11) is -3.82. The predicted octanol–water partition coefficient (Wildman–Crippen LogP) is -0.553. The second-order valence-electron chi connectivity index (χ2n) is 3.62. The normalized spacial score (nSPS) is 12.7. The fraction of sp³-hybridized carbons (Fsp3) is 0.200. The highest BCUT2D eigenvalue weighted by Gasteiger charge is 2.19. The maximum Gasteiger partial charge on any atom is 0.327 e. The lowest BCUT2D eigenvalue weighted by Gasteiger charge is -2.11. The highest BCUT2D eigenvalue weighted by atomic mass is 32.2. The summed E-state index contributed by atoms with van der Waals surface area (Å²) in [6, 6.07) is 3.70. The molecule has 1 unspecified atom stereocenters. The molecule has 0 saturated heterocycles. The number of thiol groups is 1. The molecule has 19 heavy (non-hydrogen) atoms. The van der Waals surface area contributed by atoms with Gasteiger partial charge in [0.1, 0.15) is 6.04 Å². The average molecular weight is 304 g/mol. The smallest absolute Gasteiger partial charge is 0.327 e. The Balaban J connectivity index is 2.87. The van der Waals surface area contributed by atoms with Crippen molar-refractivity contribution in [2.24, 2.45) is 5.14 Å². The summed E-state index contributed by atoms with van der Waals surface area (Å²) in [6.45, 7) is 0. The van der Waals surface area contributed by atoms with Crippen molar-refractivity contribution in [3.8, 4) is 0 Å². The van der Waals surface area contributed by atoms with E-state index in [9.17, 15) is 18.0 Å². The third-order valence-electron chi connectivity index (χ3n) is 2.23. The van der Waals surface area contributed by atoms with Gasteiger partial charge >= 0.3 is 5.97 Å². The molecule has 104 valence electrons. The van der Waals surface area contributed by atoms with Crippen LogP contribution < -0.4 is 10.5 Å². The van der Waals surface area contributed by atoms with Gasteiger partial charge in [0.15, 0.2) is 0 Å². The maximum atomic E-state index is 11.7. The molecule has 0 aliphatic heterocycles. The van der Waals surface area contributed by atoms with Crippen LogP contribution in [0.5, 0.6) is 0 Å². The number of nitrogens with one attached hydrogen (secondary N) is 1. The monoisotopic (exact) mass is 304 g/mol. The number of carboxylic acid groups (broad SMARTS) is 1. The van der Waals surface area contributed by atoms with E-state index < -0.39 is 27.9 Å². The van der Waals surface area contributed by atoms with Crippen molar-refractivity contribution >= 4 is 34.5 Å². The number of carbonyl (C=O) groups is 2. The van der Waals surface area contributed by atoms with Crippen LogP contribution in [0.3, 0.4) is 0 Å². The van der Waals surface area contributed by atoms with Gasteiger partial charge in [0.25, 0.3) is 5.91 Å². The Kier molecular flexibility index (Phi) is 4.92. The number of sulfonamides is 1. The topological polar surface area (TPSA) is 127 Å². The molecule has 0 saturated carbocycles. The van der Waals surface area contributed by atoms with Gasteiger partial charge in [0, 0.05) is 11.3 Å². The third kappa shape index (κ3) is 4.23. The summed E-state index contributed by atoms with van der Waals surface area (Å²) in [5.74, 6) is -1.90. The van der Waals surface area contributed by atoms with Gasteiger partial charge in [-0.15, -0.1) is 0 Å². The van der Waals surface area contributed by atoms with E-state index in [1.807, 2.05) is 0 Å². The highest BCUT2D eigenvalue weighted by Crippen LogP contribution is 2.09. The lowest BCUT2D eigenvalue weighted by Crippen LogP contribution is -2.42. The molecule has 0 fully saturated rings. The summed E-state index contributed by atoms with van der Waals surface area (Å²) in [5.41, 5.74) is 0.125. The Labute approximate surface area is 115 Å². The summed E-state index contributed by atoms with van der Waals surface area (Å²) < 4.78 is 22.0. The molecule has 1 atom stereocenters. The summed E-state index contributed by atoms with van der Waals surface area (Å²) in [4.78, 5) is 22.3. The summed E-state index contributed by atoms with van der Waals surface area (Å²) in [6.07, 6.45) is 0. The van der Waals surface area contributed by atoms with Crippen molar-refractivity contribution in [2.45, 2.75) is 10.9 Å². The number of hydrogen-bond acceptors (Lipinski definition) is 5. The number of hydrogen-bond donors (Lipinski definition) is 4. The van der Waals surface area contributed by atoms with E-state index in [1.165, 1.54) is 24.3 Å². The summed E-state index contributed by atoms with van der Waals surface area (Å²) in [5, 5.41) is 15.9. The van der Waals surface area contributed by atoms with E-state index in [1.54, 1.807) is 0 Å². The number of nitrogens with two attached hydrogens (primary N) is 1. The number of amides is 1. The fourth-order valence-electron chi connectivity index (χ4n) is 1.22. The molecule has 0 aliphatic carbocycles. The zero-order chi connectivity index (χ0) is 14.6. The van der Waals surface area contributed by atoms with Gasteiger partial charge in [-0.05, 0) is 24.3 Å². The molecule has 0 heterocycles. The lowest BCUT2D eigenvalue weighted by atomic mass is 10.2. The second kappa shape index (κ2) is 6.04. The number of aliphatic carboxylic acids is 1. The van der Waals surface area contributed by atoms with E-state index in [0.717, 1.165) is 0 Å². The van der Waals surface area contributed by atoms with Crippen LogP contribution in [0.15, 0.2) is 29.2 Å². The predicted molar refractivity (Wildman–Crippen MR) is 70.6 cm³/mol. The molecule has 0 bridgehead atoms. The van der Waals surface area contributed by atoms with E-state index in [2.05, 4.69) is 17.9 Å². The van der Waals surface area contributed by atoms with Crippen molar-refractivity contribution in [3.63, 3.8) is 0 Å². The van der Waals surface area contributed by atoms with Crippen LogP contribution >= 0.6 is 12.6 Å². The molecule has 4 N–H and O–H groups in total. The number of carbonyl (C=O) groups excluding carboxylic acids is 1. The molecule has 0 aliphatic rings. The number of carboxylic acids is 1. The first kappa shape index (κ1) is 15.5. The van der Waals surface area contributed by atoms with Gasteiger partial charge in [-0.3, -0.25) is 4.79 Å². The van der Waals surface area contributed by atoms with Gasteiger partial charge in [-0.2, -0.15) is 12.6 Å². The minimum Gasteiger partial charge on any atom is -0.480 e. The van der Waals surface area contributed by atoms with Crippen LogP contribution in [0.4, 0.5) is 0 Å². The zero-order valence-corrected chi connectivity index (χ0v) is 11.3. The zero-order valence-electron chi connectivity index (χ0n) is 9.61. The SMILES string of the molecule is NS(=O)(=O)c1ccc(C(=O)NC(CS)C(=O)O)cc1. The van der Waals surface area contributed by atoms with Crippen molar-refractivity contribution in [1.29, 1.82) is 0 Å². The largest absolute Gasteiger partial charge is 0.480 e. The van der Waals surface area contributed by atoms with Gasteiger partial charge in [-0.25, -0.2) is 18.4 Å². The first-order valence-electron chi connectivity index (χ1n) is 5.03. The van der Waals surface area contributed by atoms with Crippen LogP contribution in [0.25, 0.3) is 0 Å². The fourth-order valence-corrected chi connectivity index (χ4v) is 1.99. The van der Waals surface area contributed by atoms with E-state index in [4.69, 9.17) is 10.2 Å². The number of rotatable bonds is 5. The molecular weight excluding hydrogens is 292 g/mol. The van der Waals surface area contributed by atoms with E-state index in [0.29, 0.717) is 0 Å². The van der Waals surface area contributed by atoms with Crippen molar-refractivity contribution in [2.75, 3.05) is 5.75 Å². The van der Waals surface area contributed by atoms with Gasteiger partial charge in [0.05, 0.1) is 4.90 Å². The third-order valence-corrected chi connectivity index (χ3v) is 3.53. The Morgan fingerprint density at radius 3 is 2.21 bits per heavy atom. The molecule has 1 rings (SSSR count). The quantitative estimate of drug-likeness (QED) is 0.543. The van der Waals surface area contributed by atoms with E-state index in [-0.39, 0.29) is 16.2 Å².